The number of pyridine rings is 2. The third kappa shape index (κ3) is 1.40. The molecule has 0 N–H and O–H groups in total. The summed E-state index contributed by atoms with van der Waals surface area (Å²) in [4.78, 5) is 10.8. The van der Waals surface area contributed by atoms with Crippen LogP contribution in [0.25, 0.3) is 21.5 Å². The molecule has 5 heteroatoms. The van der Waals surface area contributed by atoms with Crippen LogP contribution in [0.5, 0.6) is 0 Å². The maximum absolute atomic E-state index is 8.20. The topological polar surface area (TPSA) is 74.5 Å². The fraction of sp³-hybridized carbons (Fsp3) is 0. The molecule has 0 atom stereocenters. The molecule has 0 unspecified atom stereocenters. The van der Waals surface area contributed by atoms with E-state index in [0.29, 0.717) is 5.69 Å². The van der Waals surface area contributed by atoms with Crippen LogP contribution < -0.4 is 0 Å². The highest BCUT2D eigenvalue weighted by atomic mass is 15.1. The molecule has 2 heterocycles. The second kappa shape index (κ2) is 3.08. The second-order valence-corrected chi connectivity index (χ2v) is 2.42. The highest BCUT2D eigenvalue weighted by molar-refractivity contribution is 5.76. The van der Waals surface area contributed by atoms with E-state index in [9.17, 15) is 0 Å². The summed E-state index contributed by atoms with van der Waals surface area (Å²) in [5.74, 6) is 0. The quantitative estimate of drug-likeness (QED) is 0.375. The Kier molecular flexibility index (Phi) is 1.78. The van der Waals surface area contributed by atoms with Gasteiger partial charge in [-0.15, -0.1) is 0 Å². The molecule has 0 spiro atoms. The molecule has 0 aliphatic rings. The average molecular weight is 171 g/mol. The van der Waals surface area contributed by atoms with Gasteiger partial charge in [-0.05, 0) is 23.7 Å². The van der Waals surface area contributed by atoms with Gasteiger partial charge in [0.2, 0.25) is 0 Å². The lowest BCUT2D eigenvalue weighted by Crippen LogP contribution is -1.79. The molecule has 0 aromatic carbocycles. The zero-order valence-corrected chi connectivity index (χ0v) is 6.62. The minimum Gasteiger partial charge on any atom is -0.255 e. The zero-order valence-electron chi connectivity index (χ0n) is 6.62. The molecule has 0 aliphatic heterocycles. The van der Waals surface area contributed by atoms with Crippen LogP contribution in [0.15, 0.2) is 35.7 Å². The Morgan fingerprint density at radius 2 is 2.23 bits per heavy atom. The number of aromatic nitrogens is 2. The predicted molar refractivity (Wildman–Crippen MR) is 48.3 cm³/mol. The van der Waals surface area contributed by atoms with E-state index in [-0.39, 0.29) is 0 Å². The number of azide groups is 1. The van der Waals surface area contributed by atoms with Gasteiger partial charge in [-0.25, -0.2) is 0 Å². The van der Waals surface area contributed by atoms with Gasteiger partial charge in [-0.3, -0.25) is 9.97 Å². The first-order valence-electron chi connectivity index (χ1n) is 3.66. The lowest BCUT2D eigenvalue weighted by atomic mass is 10.3. The Balaban J connectivity index is 2.68. The lowest BCUT2D eigenvalue weighted by Gasteiger charge is -1.95. The van der Waals surface area contributed by atoms with Crippen molar-refractivity contribution in [3.05, 3.63) is 41.0 Å². The summed E-state index contributed by atoms with van der Waals surface area (Å²) in [6.45, 7) is 0. The van der Waals surface area contributed by atoms with Gasteiger partial charge in [-0.2, -0.15) is 0 Å². The van der Waals surface area contributed by atoms with Crippen LogP contribution in [0, 0.1) is 0 Å². The molecular weight excluding hydrogens is 166 g/mol. The molecule has 13 heavy (non-hydrogen) atoms. The van der Waals surface area contributed by atoms with E-state index in [4.69, 9.17) is 5.53 Å². The van der Waals surface area contributed by atoms with E-state index in [1.165, 1.54) is 6.20 Å². The fourth-order valence-electron chi connectivity index (χ4n) is 1.05. The Morgan fingerprint density at radius 1 is 1.31 bits per heavy atom. The van der Waals surface area contributed by atoms with Crippen LogP contribution in [0.2, 0.25) is 0 Å². The van der Waals surface area contributed by atoms with Crippen molar-refractivity contribution in [1.29, 1.82) is 0 Å². The Labute approximate surface area is 73.7 Å². The van der Waals surface area contributed by atoms with Crippen LogP contribution in [0.4, 0.5) is 5.69 Å². The molecule has 2 rings (SSSR count). The first-order valence-corrected chi connectivity index (χ1v) is 3.66. The first kappa shape index (κ1) is 7.52. The maximum Gasteiger partial charge on any atom is 0.0891 e. The third-order valence-corrected chi connectivity index (χ3v) is 1.60. The second-order valence-electron chi connectivity index (χ2n) is 2.42. The van der Waals surface area contributed by atoms with Gasteiger partial charge in [0.15, 0.2) is 0 Å². The molecule has 62 valence electrons. The summed E-state index contributed by atoms with van der Waals surface area (Å²) < 4.78 is 0. The summed E-state index contributed by atoms with van der Waals surface area (Å²) in [6.07, 6.45) is 3.19. The predicted octanol–water partition coefficient (Wildman–Crippen LogP) is 2.57. The number of nitrogens with zero attached hydrogens (tertiary/aromatic N) is 5. The van der Waals surface area contributed by atoms with E-state index >= 15 is 0 Å². The van der Waals surface area contributed by atoms with Crippen molar-refractivity contribution in [3.8, 4) is 0 Å². The molecule has 2 aromatic rings. The summed E-state index contributed by atoms with van der Waals surface area (Å²) >= 11 is 0. The normalized spacial score (nSPS) is 9.54. The van der Waals surface area contributed by atoms with Crippen LogP contribution in [-0.2, 0) is 0 Å². The van der Waals surface area contributed by atoms with Crippen molar-refractivity contribution in [1.82, 2.24) is 9.97 Å². The van der Waals surface area contributed by atoms with Crippen molar-refractivity contribution in [2.75, 3.05) is 0 Å². The van der Waals surface area contributed by atoms with Gasteiger partial charge in [0.25, 0.3) is 0 Å². The Hall–Kier alpha value is -2.13. The molecule has 0 saturated heterocycles. The van der Waals surface area contributed by atoms with E-state index in [1.807, 2.05) is 12.1 Å². The molecule has 2 aromatic heterocycles. The zero-order chi connectivity index (χ0) is 9.10. The lowest BCUT2D eigenvalue weighted by molar-refractivity contribution is 1.31. The van der Waals surface area contributed by atoms with Crippen molar-refractivity contribution in [2.24, 2.45) is 5.11 Å². The minimum atomic E-state index is 0.480. The molecule has 0 fully saturated rings. The maximum atomic E-state index is 8.20. The Morgan fingerprint density at radius 3 is 3.08 bits per heavy atom. The molecule has 5 nitrogen and oxygen atoms in total. The molecule has 0 amide bonds. The number of rotatable bonds is 1. The Bertz CT molecular complexity index is 487. The van der Waals surface area contributed by atoms with Crippen molar-refractivity contribution in [3.63, 3.8) is 0 Å². The van der Waals surface area contributed by atoms with E-state index in [1.54, 1.807) is 12.3 Å². The molecule has 0 saturated carbocycles. The molecule has 0 radical (unpaired) electrons. The van der Waals surface area contributed by atoms with Crippen LogP contribution in [0.3, 0.4) is 0 Å². The largest absolute Gasteiger partial charge is 0.255 e. The smallest absolute Gasteiger partial charge is 0.0891 e. The molecule has 0 aliphatic carbocycles. The summed E-state index contributed by atoms with van der Waals surface area (Å²) in [7, 11) is 0. The highest BCUT2D eigenvalue weighted by Crippen LogP contribution is 2.16. The SMILES string of the molecule is [N-]=[N+]=Nc1cnc2cccnc2c1. The van der Waals surface area contributed by atoms with E-state index in [0.717, 1.165) is 11.0 Å². The number of fused-ring (bicyclic) bond motifs is 1. The van der Waals surface area contributed by atoms with Gasteiger partial charge in [-0.1, -0.05) is 5.11 Å². The van der Waals surface area contributed by atoms with Crippen molar-refractivity contribution in [2.45, 2.75) is 0 Å². The van der Waals surface area contributed by atoms with Gasteiger partial charge in [0.05, 0.1) is 16.7 Å². The molecular formula is C8H5N5. The van der Waals surface area contributed by atoms with Gasteiger partial charge >= 0.3 is 0 Å². The monoisotopic (exact) mass is 171 g/mol. The average Bonchev–Trinajstić information content (AvgIpc) is 2.18. The van der Waals surface area contributed by atoms with Crippen molar-refractivity contribution >= 4 is 16.7 Å². The van der Waals surface area contributed by atoms with E-state index in [2.05, 4.69) is 20.0 Å². The number of hydrogen-bond acceptors (Lipinski definition) is 3. The molecule has 0 bridgehead atoms. The van der Waals surface area contributed by atoms with Crippen molar-refractivity contribution < 1.29 is 0 Å². The highest BCUT2D eigenvalue weighted by Gasteiger charge is 1.94. The minimum absolute atomic E-state index is 0.480. The van der Waals surface area contributed by atoms with Gasteiger partial charge in [0, 0.05) is 17.3 Å². The number of hydrogen-bond donors (Lipinski definition) is 0. The summed E-state index contributed by atoms with van der Waals surface area (Å²) in [5.41, 5.74) is 10.2. The van der Waals surface area contributed by atoms with E-state index < -0.39 is 0 Å². The summed E-state index contributed by atoms with van der Waals surface area (Å²) in [6, 6.07) is 5.35. The van der Waals surface area contributed by atoms with Gasteiger partial charge < -0.3 is 0 Å². The van der Waals surface area contributed by atoms with Crippen LogP contribution in [0.1, 0.15) is 0 Å². The van der Waals surface area contributed by atoms with Crippen LogP contribution in [-0.4, -0.2) is 9.97 Å². The fourth-order valence-corrected chi connectivity index (χ4v) is 1.05. The summed E-state index contributed by atoms with van der Waals surface area (Å²) in [5, 5.41) is 3.43. The first-order chi connectivity index (χ1) is 6.40. The third-order valence-electron chi connectivity index (χ3n) is 1.60. The van der Waals surface area contributed by atoms with Gasteiger partial charge in [0.1, 0.15) is 0 Å². The standard InChI is InChI=1S/C8H5N5/c9-13-12-6-4-8-7(11-5-6)2-1-3-10-8/h1-5H. The van der Waals surface area contributed by atoms with Crippen LogP contribution >= 0.6 is 0 Å².